The molecule has 1 aliphatic heterocycles. The van der Waals surface area contributed by atoms with Crippen LogP contribution in [0.25, 0.3) is 0 Å². The predicted octanol–water partition coefficient (Wildman–Crippen LogP) is 3.35. The number of nitrogens with one attached hydrogen (secondary N) is 1. The van der Waals surface area contributed by atoms with E-state index in [1.807, 2.05) is 36.1 Å². The summed E-state index contributed by atoms with van der Waals surface area (Å²) in [5, 5.41) is 2.90. The molecule has 4 nitrogen and oxygen atoms in total. The van der Waals surface area contributed by atoms with Gasteiger partial charge in [0.2, 0.25) is 5.91 Å². The van der Waals surface area contributed by atoms with Gasteiger partial charge in [0.15, 0.2) is 0 Å². The first kappa shape index (κ1) is 19.1. The Hall–Kier alpha value is -2.69. The van der Waals surface area contributed by atoms with E-state index in [1.54, 1.807) is 18.2 Å². The van der Waals surface area contributed by atoms with E-state index in [-0.39, 0.29) is 23.5 Å². The van der Waals surface area contributed by atoms with Gasteiger partial charge in [0.05, 0.1) is 0 Å². The molecular formula is C22H25FN2O2. The summed E-state index contributed by atoms with van der Waals surface area (Å²) in [6.45, 7) is 3.55. The molecule has 1 aliphatic rings. The Labute approximate surface area is 159 Å². The number of likely N-dealkylation sites (tertiary alicyclic amines) is 1. The molecule has 0 aliphatic carbocycles. The minimum absolute atomic E-state index is 0.00556. The largest absolute Gasteiger partial charge is 0.356 e. The molecule has 0 bridgehead atoms. The van der Waals surface area contributed by atoms with Gasteiger partial charge in [-0.2, -0.15) is 0 Å². The molecule has 1 fully saturated rings. The first-order valence-corrected chi connectivity index (χ1v) is 9.41. The third kappa shape index (κ3) is 4.94. The summed E-state index contributed by atoms with van der Waals surface area (Å²) in [4.78, 5) is 26.8. The van der Waals surface area contributed by atoms with Crippen LogP contribution in [0.4, 0.5) is 4.39 Å². The lowest BCUT2D eigenvalue weighted by Crippen LogP contribution is -2.43. The standard InChI is InChI=1S/C22H25FN2O2/c1-16-5-4-7-19(15-16)22(27)25-13-10-18(11-14-25)21(26)24-12-9-17-6-2-3-8-20(17)23/h2-8,15,18H,9-14H2,1H3,(H,24,26). The van der Waals surface area contributed by atoms with Gasteiger partial charge in [0.1, 0.15) is 5.82 Å². The van der Waals surface area contributed by atoms with Crippen LogP contribution in [0, 0.1) is 18.7 Å². The molecule has 2 amide bonds. The van der Waals surface area contributed by atoms with Crippen molar-refractivity contribution >= 4 is 11.8 Å². The van der Waals surface area contributed by atoms with Crippen LogP contribution in [0.3, 0.4) is 0 Å². The van der Waals surface area contributed by atoms with E-state index in [1.165, 1.54) is 6.07 Å². The van der Waals surface area contributed by atoms with E-state index in [0.29, 0.717) is 50.0 Å². The average Bonchev–Trinajstić information content (AvgIpc) is 2.69. The Morgan fingerprint density at radius 2 is 1.85 bits per heavy atom. The molecule has 1 N–H and O–H groups in total. The van der Waals surface area contributed by atoms with Gasteiger partial charge >= 0.3 is 0 Å². The maximum Gasteiger partial charge on any atom is 0.253 e. The molecule has 0 aromatic heterocycles. The Bertz CT molecular complexity index is 813. The van der Waals surface area contributed by atoms with Crippen LogP contribution in [-0.4, -0.2) is 36.3 Å². The van der Waals surface area contributed by atoms with Crippen LogP contribution in [0.2, 0.25) is 0 Å². The van der Waals surface area contributed by atoms with Crippen LogP contribution >= 0.6 is 0 Å². The summed E-state index contributed by atoms with van der Waals surface area (Å²) in [6, 6.07) is 14.2. The van der Waals surface area contributed by atoms with Crippen molar-refractivity contribution in [2.24, 2.45) is 5.92 Å². The number of carbonyl (C=O) groups excluding carboxylic acids is 2. The van der Waals surface area contributed by atoms with Crippen molar-refractivity contribution < 1.29 is 14.0 Å². The lowest BCUT2D eigenvalue weighted by Gasteiger charge is -2.31. The Morgan fingerprint density at radius 1 is 1.11 bits per heavy atom. The zero-order chi connectivity index (χ0) is 19.2. The highest BCUT2D eigenvalue weighted by Gasteiger charge is 2.27. The third-order valence-electron chi connectivity index (χ3n) is 5.07. The summed E-state index contributed by atoms with van der Waals surface area (Å²) in [6.07, 6.45) is 1.79. The zero-order valence-corrected chi connectivity index (χ0v) is 15.6. The SMILES string of the molecule is Cc1cccc(C(=O)N2CCC(C(=O)NCCc3ccccc3F)CC2)c1. The molecule has 0 atom stereocenters. The monoisotopic (exact) mass is 368 g/mol. The molecule has 5 heteroatoms. The second-order valence-electron chi connectivity index (χ2n) is 7.07. The van der Waals surface area contributed by atoms with E-state index < -0.39 is 0 Å². The fraction of sp³-hybridized carbons (Fsp3) is 0.364. The van der Waals surface area contributed by atoms with Crippen LogP contribution in [0.5, 0.6) is 0 Å². The molecule has 142 valence electrons. The van der Waals surface area contributed by atoms with Gasteiger partial charge in [-0.25, -0.2) is 4.39 Å². The zero-order valence-electron chi connectivity index (χ0n) is 15.6. The molecule has 3 rings (SSSR count). The highest BCUT2D eigenvalue weighted by Crippen LogP contribution is 2.20. The van der Waals surface area contributed by atoms with Crippen molar-refractivity contribution in [2.75, 3.05) is 19.6 Å². The number of nitrogens with zero attached hydrogens (tertiary/aromatic N) is 1. The molecule has 0 spiro atoms. The Balaban J connectivity index is 1.45. The quantitative estimate of drug-likeness (QED) is 0.880. The van der Waals surface area contributed by atoms with Crippen LogP contribution in [0.1, 0.15) is 34.3 Å². The van der Waals surface area contributed by atoms with E-state index in [0.717, 1.165) is 5.56 Å². The van der Waals surface area contributed by atoms with Gasteiger partial charge in [-0.05, 0) is 49.9 Å². The summed E-state index contributed by atoms with van der Waals surface area (Å²) in [5.41, 5.74) is 2.36. The normalized spacial score (nSPS) is 14.8. The minimum atomic E-state index is -0.241. The van der Waals surface area contributed by atoms with Gasteiger partial charge in [0.25, 0.3) is 5.91 Å². The predicted molar refractivity (Wildman–Crippen MR) is 103 cm³/mol. The van der Waals surface area contributed by atoms with E-state index >= 15 is 0 Å². The Kier molecular flexibility index (Phi) is 6.22. The van der Waals surface area contributed by atoms with Crippen molar-refractivity contribution in [3.63, 3.8) is 0 Å². The fourth-order valence-corrected chi connectivity index (χ4v) is 3.47. The maximum absolute atomic E-state index is 13.6. The van der Waals surface area contributed by atoms with E-state index in [4.69, 9.17) is 0 Å². The second kappa shape index (κ2) is 8.80. The van der Waals surface area contributed by atoms with Gasteiger partial charge in [-0.15, -0.1) is 0 Å². The number of halogens is 1. The van der Waals surface area contributed by atoms with E-state index in [2.05, 4.69) is 5.32 Å². The van der Waals surface area contributed by atoms with Gasteiger partial charge in [-0.1, -0.05) is 35.9 Å². The lowest BCUT2D eigenvalue weighted by atomic mass is 9.95. The van der Waals surface area contributed by atoms with Gasteiger partial charge in [-0.3, -0.25) is 9.59 Å². The topological polar surface area (TPSA) is 49.4 Å². The highest BCUT2D eigenvalue weighted by molar-refractivity contribution is 5.94. The summed E-state index contributed by atoms with van der Waals surface area (Å²) in [5.74, 6) is -0.312. The number of hydrogen-bond acceptors (Lipinski definition) is 2. The summed E-state index contributed by atoms with van der Waals surface area (Å²) < 4.78 is 13.6. The number of rotatable bonds is 5. The molecule has 0 saturated carbocycles. The number of amides is 2. The summed E-state index contributed by atoms with van der Waals surface area (Å²) >= 11 is 0. The minimum Gasteiger partial charge on any atom is -0.356 e. The second-order valence-corrected chi connectivity index (χ2v) is 7.07. The molecule has 27 heavy (non-hydrogen) atoms. The van der Waals surface area contributed by atoms with Gasteiger partial charge in [0, 0.05) is 31.1 Å². The van der Waals surface area contributed by atoms with Crippen molar-refractivity contribution in [1.29, 1.82) is 0 Å². The molecule has 0 unspecified atom stereocenters. The molecule has 2 aromatic rings. The van der Waals surface area contributed by atoms with Crippen LogP contribution in [-0.2, 0) is 11.2 Å². The molecular weight excluding hydrogens is 343 g/mol. The van der Waals surface area contributed by atoms with E-state index in [9.17, 15) is 14.0 Å². The summed E-state index contributed by atoms with van der Waals surface area (Å²) in [7, 11) is 0. The Morgan fingerprint density at radius 3 is 2.56 bits per heavy atom. The molecule has 2 aromatic carbocycles. The molecule has 1 heterocycles. The van der Waals surface area contributed by atoms with Crippen LogP contribution in [0.15, 0.2) is 48.5 Å². The smallest absolute Gasteiger partial charge is 0.253 e. The first-order valence-electron chi connectivity index (χ1n) is 9.41. The fourth-order valence-electron chi connectivity index (χ4n) is 3.47. The van der Waals surface area contributed by atoms with Crippen LogP contribution < -0.4 is 5.32 Å². The first-order chi connectivity index (χ1) is 13.0. The molecule has 1 saturated heterocycles. The number of benzene rings is 2. The maximum atomic E-state index is 13.6. The van der Waals surface area contributed by atoms with Crippen molar-refractivity contribution in [3.8, 4) is 0 Å². The number of aryl methyl sites for hydroxylation is 1. The number of hydrogen-bond donors (Lipinski definition) is 1. The van der Waals surface area contributed by atoms with Crippen molar-refractivity contribution in [3.05, 3.63) is 71.0 Å². The third-order valence-corrected chi connectivity index (χ3v) is 5.07. The molecule has 0 radical (unpaired) electrons. The van der Waals surface area contributed by atoms with Crippen molar-refractivity contribution in [2.45, 2.75) is 26.2 Å². The average molecular weight is 368 g/mol. The number of piperidine rings is 1. The highest BCUT2D eigenvalue weighted by atomic mass is 19.1. The lowest BCUT2D eigenvalue weighted by molar-refractivity contribution is -0.126. The van der Waals surface area contributed by atoms with Gasteiger partial charge < -0.3 is 10.2 Å². The van der Waals surface area contributed by atoms with Crippen molar-refractivity contribution in [1.82, 2.24) is 10.2 Å². The number of carbonyl (C=O) groups is 2.